The van der Waals surface area contributed by atoms with Gasteiger partial charge in [-0.3, -0.25) is 14.2 Å². The first kappa shape index (κ1) is 14.8. The number of nitrogens with one attached hydrogen (secondary N) is 1. The van der Waals surface area contributed by atoms with Gasteiger partial charge in [-0.2, -0.15) is 0 Å². The zero-order chi connectivity index (χ0) is 15.5. The first-order chi connectivity index (χ1) is 10.7. The van der Waals surface area contributed by atoms with Gasteiger partial charge in [-0.15, -0.1) is 0 Å². The predicted octanol–water partition coefficient (Wildman–Crippen LogP) is 1.88. The minimum absolute atomic E-state index is 0.117. The van der Waals surface area contributed by atoms with Crippen LogP contribution in [0.2, 0.25) is 0 Å². The SMILES string of the molecule is CC(CNC(=O)c1cnc2n(c1=O)CCS2)c1ccccc1. The second kappa shape index (κ2) is 6.36. The molecule has 1 atom stereocenters. The minimum Gasteiger partial charge on any atom is -0.351 e. The van der Waals surface area contributed by atoms with E-state index < -0.39 is 0 Å². The number of aromatic nitrogens is 2. The van der Waals surface area contributed by atoms with E-state index in [0.29, 0.717) is 18.2 Å². The molecule has 1 aliphatic heterocycles. The Kier molecular flexibility index (Phi) is 4.29. The molecule has 0 saturated heterocycles. The first-order valence-electron chi connectivity index (χ1n) is 7.22. The number of amides is 1. The average molecular weight is 315 g/mol. The van der Waals surface area contributed by atoms with Crippen LogP contribution in [0.15, 0.2) is 46.5 Å². The van der Waals surface area contributed by atoms with Crippen LogP contribution >= 0.6 is 11.8 Å². The van der Waals surface area contributed by atoms with E-state index in [1.807, 2.05) is 37.3 Å². The molecule has 0 fully saturated rings. The van der Waals surface area contributed by atoms with Crippen LogP contribution in [0.25, 0.3) is 0 Å². The van der Waals surface area contributed by atoms with E-state index in [-0.39, 0.29) is 22.9 Å². The van der Waals surface area contributed by atoms with Gasteiger partial charge >= 0.3 is 0 Å². The van der Waals surface area contributed by atoms with Gasteiger partial charge in [0.05, 0.1) is 0 Å². The van der Waals surface area contributed by atoms with Crippen LogP contribution in [0.5, 0.6) is 0 Å². The van der Waals surface area contributed by atoms with Crippen molar-refractivity contribution in [2.45, 2.75) is 24.5 Å². The van der Waals surface area contributed by atoms with Gasteiger partial charge in [-0.05, 0) is 11.5 Å². The predicted molar refractivity (Wildman–Crippen MR) is 86.4 cm³/mol. The van der Waals surface area contributed by atoms with Crippen molar-refractivity contribution in [2.24, 2.45) is 0 Å². The summed E-state index contributed by atoms with van der Waals surface area (Å²) < 4.78 is 1.57. The molecule has 1 amide bonds. The summed E-state index contributed by atoms with van der Waals surface area (Å²) in [5.41, 5.74) is 1.02. The lowest BCUT2D eigenvalue weighted by molar-refractivity contribution is 0.0948. The Morgan fingerprint density at radius 2 is 2.18 bits per heavy atom. The van der Waals surface area contributed by atoms with E-state index in [9.17, 15) is 9.59 Å². The van der Waals surface area contributed by atoms with Gasteiger partial charge in [0.1, 0.15) is 5.56 Å². The highest BCUT2D eigenvalue weighted by molar-refractivity contribution is 7.99. The summed E-state index contributed by atoms with van der Waals surface area (Å²) in [6, 6.07) is 9.97. The number of nitrogens with zero attached hydrogens (tertiary/aromatic N) is 2. The monoisotopic (exact) mass is 315 g/mol. The van der Waals surface area contributed by atoms with Crippen LogP contribution in [0.3, 0.4) is 0 Å². The molecule has 6 heteroatoms. The smallest absolute Gasteiger partial charge is 0.267 e. The maximum absolute atomic E-state index is 12.3. The quantitative estimate of drug-likeness (QED) is 0.875. The van der Waals surface area contributed by atoms with E-state index in [2.05, 4.69) is 10.3 Å². The molecule has 1 aromatic carbocycles. The van der Waals surface area contributed by atoms with Gasteiger partial charge in [0.25, 0.3) is 11.5 Å². The molecule has 1 N–H and O–H groups in total. The summed E-state index contributed by atoms with van der Waals surface area (Å²) in [7, 11) is 0. The van der Waals surface area contributed by atoms with Gasteiger partial charge < -0.3 is 5.32 Å². The Balaban J connectivity index is 1.69. The average Bonchev–Trinajstić information content (AvgIpc) is 3.03. The fourth-order valence-corrected chi connectivity index (χ4v) is 3.33. The molecule has 0 radical (unpaired) electrons. The molecular weight excluding hydrogens is 298 g/mol. The number of thioether (sulfide) groups is 1. The molecule has 3 rings (SSSR count). The highest BCUT2D eigenvalue weighted by Gasteiger charge is 2.20. The number of hydrogen-bond donors (Lipinski definition) is 1. The lowest BCUT2D eigenvalue weighted by Gasteiger charge is -2.13. The van der Waals surface area contributed by atoms with E-state index in [1.165, 1.54) is 18.0 Å². The third-order valence-electron chi connectivity index (χ3n) is 3.74. The van der Waals surface area contributed by atoms with E-state index >= 15 is 0 Å². The van der Waals surface area contributed by atoms with Crippen molar-refractivity contribution in [1.82, 2.24) is 14.9 Å². The molecule has 2 aromatic rings. The second-order valence-corrected chi connectivity index (χ2v) is 6.34. The largest absolute Gasteiger partial charge is 0.351 e. The highest BCUT2D eigenvalue weighted by atomic mass is 32.2. The fraction of sp³-hybridized carbons (Fsp3) is 0.312. The second-order valence-electron chi connectivity index (χ2n) is 5.28. The number of benzene rings is 1. The van der Waals surface area contributed by atoms with Crippen LogP contribution in [0.1, 0.15) is 28.8 Å². The Bertz CT molecular complexity index is 743. The third kappa shape index (κ3) is 2.92. The molecule has 0 bridgehead atoms. The summed E-state index contributed by atoms with van der Waals surface area (Å²) in [5.74, 6) is 0.663. The number of fused-ring (bicyclic) bond motifs is 1. The summed E-state index contributed by atoms with van der Waals surface area (Å²) >= 11 is 1.54. The Morgan fingerprint density at radius 1 is 1.41 bits per heavy atom. The van der Waals surface area contributed by atoms with Crippen LogP contribution in [0, 0.1) is 0 Å². The van der Waals surface area contributed by atoms with Gasteiger partial charge in [0.2, 0.25) is 0 Å². The Labute approximate surface area is 132 Å². The highest BCUT2D eigenvalue weighted by Crippen LogP contribution is 2.20. The van der Waals surface area contributed by atoms with Crippen molar-refractivity contribution in [3.63, 3.8) is 0 Å². The minimum atomic E-state index is -0.354. The van der Waals surface area contributed by atoms with Crippen LogP contribution in [-0.2, 0) is 6.54 Å². The molecule has 1 unspecified atom stereocenters. The molecule has 114 valence electrons. The van der Waals surface area contributed by atoms with Crippen LogP contribution in [-0.4, -0.2) is 27.8 Å². The molecule has 1 aromatic heterocycles. The van der Waals surface area contributed by atoms with Crippen molar-refractivity contribution in [1.29, 1.82) is 0 Å². The van der Waals surface area contributed by atoms with Gasteiger partial charge in [0, 0.05) is 25.0 Å². The fourth-order valence-electron chi connectivity index (χ4n) is 2.41. The maximum Gasteiger partial charge on any atom is 0.267 e. The molecule has 2 heterocycles. The summed E-state index contributed by atoms with van der Waals surface area (Å²) in [5, 5.41) is 3.52. The number of carbonyl (C=O) groups excluding carboxylic acids is 1. The molecular formula is C16H17N3O2S. The molecule has 1 aliphatic rings. The summed E-state index contributed by atoms with van der Waals surface area (Å²) in [6.07, 6.45) is 1.38. The lowest BCUT2D eigenvalue weighted by Crippen LogP contribution is -2.35. The zero-order valence-corrected chi connectivity index (χ0v) is 13.1. The van der Waals surface area contributed by atoms with Crippen molar-refractivity contribution in [3.05, 3.63) is 58.0 Å². The number of rotatable bonds is 4. The third-order valence-corrected chi connectivity index (χ3v) is 4.71. The van der Waals surface area contributed by atoms with Crippen molar-refractivity contribution >= 4 is 17.7 Å². The molecule has 0 spiro atoms. The Morgan fingerprint density at radius 3 is 2.95 bits per heavy atom. The standard InChI is InChI=1S/C16H17N3O2S/c1-11(12-5-3-2-4-6-12)9-17-14(20)13-10-18-16-19(15(13)21)7-8-22-16/h2-6,10-11H,7-9H2,1H3,(H,17,20). The van der Waals surface area contributed by atoms with Crippen molar-refractivity contribution in [2.75, 3.05) is 12.3 Å². The summed E-state index contributed by atoms with van der Waals surface area (Å²) in [6.45, 7) is 3.15. The van der Waals surface area contributed by atoms with Crippen LogP contribution in [0.4, 0.5) is 0 Å². The van der Waals surface area contributed by atoms with E-state index in [4.69, 9.17) is 0 Å². The maximum atomic E-state index is 12.3. The van der Waals surface area contributed by atoms with Gasteiger partial charge in [0.15, 0.2) is 5.16 Å². The number of hydrogen-bond acceptors (Lipinski definition) is 4. The van der Waals surface area contributed by atoms with Gasteiger partial charge in [-0.25, -0.2) is 4.98 Å². The van der Waals surface area contributed by atoms with Crippen molar-refractivity contribution in [3.8, 4) is 0 Å². The molecule has 0 aliphatic carbocycles. The number of carbonyl (C=O) groups is 1. The molecule has 0 saturated carbocycles. The lowest BCUT2D eigenvalue weighted by atomic mass is 10.0. The van der Waals surface area contributed by atoms with Gasteiger partial charge in [-0.1, -0.05) is 49.0 Å². The Hall–Kier alpha value is -2.08. The normalized spacial score (nSPS) is 14.4. The van der Waals surface area contributed by atoms with Crippen molar-refractivity contribution < 1.29 is 4.79 Å². The topological polar surface area (TPSA) is 64.0 Å². The van der Waals surface area contributed by atoms with E-state index in [1.54, 1.807) is 4.57 Å². The molecule has 22 heavy (non-hydrogen) atoms. The van der Waals surface area contributed by atoms with E-state index in [0.717, 1.165) is 11.3 Å². The molecule has 5 nitrogen and oxygen atoms in total. The van der Waals surface area contributed by atoms with Crippen LogP contribution < -0.4 is 10.9 Å². The zero-order valence-electron chi connectivity index (χ0n) is 12.3. The first-order valence-corrected chi connectivity index (χ1v) is 8.21. The summed E-state index contributed by atoms with van der Waals surface area (Å²) in [4.78, 5) is 28.7.